The van der Waals surface area contributed by atoms with E-state index in [-0.39, 0.29) is 118 Å². The average molecular weight is 1040 g/mol. The van der Waals surface area contributed by atoms with Gasteiger partial charge in [0.05, 0.1) is 42.4 Å². The molecule has 0 radical (unpaired) electrons. The topological polar surface area (TPSA) is 270 Å². The van der Waals surface area contributed by atoms with Gasteiger partial charge in [0, 0.05) is 42.7 Å². The van der Waals surface area contributed by atoms with Gasteiger partial charge in [-0.25, -0.2) is 43.6 Å². The number of fused-ring (bicyclic) bond motifs is 8. The van der Waals surface area contributed by atoms with Crippen LogP contribution in [0.5, 0.6) is 0 Å². The average Bonchev–Trinajstić information content (AvgIpc) is 4.08. The van der Waals surface area contributed by atoms with Crippen LogP contribution in [-0.2, 0) is 40.5 Å². The first-order valence-corrected chi connectivity index (χ1v) is 25.0. The van der Waals surface area contributed by atoms with Crippen LogP contribution in [0.25, 0.3) is 89.2 Å². The van der Waals surface area contributed by atoms with E-state index in [0.29, 0.717) is 87.7 Å². The molecule has 7 aromatic rings. The van der Waals surface area contributed by atoms with E-state index in [1.54, 1.807) is 42.5 Å². The van der Waals surface area contributed by atoms with Crippen LogP contribution in [0.2, 0.25) is 0 Å². The van der Waals surface area contributed by atoms with E-state index in [0.717, 1.165) is 0 Å². The van der Waals surface area contributed by atoms with Crippen molar-refractivity contribution in [2.75, 3.05) is 0 Å². The predicted molar refractivity (Wildman–Crippen MR) is 236 cm³/mol. The van der Waals surface area contributed by atoms with E-state index in [9.17, 15) is 51.9 Å². The number of nitrogens with one attached hydrogen (secondary N) is 1. The molecule has 0 spiro atoms. The van der Waals surface area contributed by atoms with Crippen LogP contribution in [0.1, 0.15) is 22.8 Å². The van der Waals surface area contributed by atoms with Crippen LogP contribution in [0, 0.1) is 0 Å². The van der Waals surface area contributed by atoms with Crippen molar-refractivity contribution in [1.82, 2.24) is 15.0 Å². The monoisotopic (exact) mass is 1040 g/mol. The molecule has 2 aliphatic rings. The molecule has 4 aromatic carbocycles. The molecular formula is C44H25N3Na4O12S5. The maximum Gasteiger partial charge on any atom is 1.00 e. The first kappa shape index (κ1) is 56.5. The van der Waals surface area contributed by atoms with Gasteiger partial charge in [-0.15, -0.1) is 11.3 Å². The molecule has 9 rings (SSSR count). The summed E-state index contributed by atoms with van der Waals surface area (Å²) in [6.07, 6.45) is 6.81. The molecule has 0 saturated carbocycles. The maximum atomic E-state index is 11.9. The molecule has 5 heterocycles. The molecular weight excluding hydrogens is 1010 g/mol. The summed E-state index contributed by atoms with van der Waals surface area (Å²) in [7, 11) is -19.2. The molecule has 1 N–H and O–H groups in total. The largest absolute Gasteiger partial charge is 1.00 e. The second-order valence-electron chi connectivity index (χ2n) is 14.3. The van der Waals surface area contributed by atoms with E-state index < -0.39 is 60.1 Å². The molecule has 24 heteroatoms. The smallest absolute Gasteiger partial charge is 0.744 e. The quantitative estimate of drug-likeness (QED) is 0.112. The van der Waals surface area contributed by atoms with Crippen LogP contribution >= 0.6 is 11.3 Å². The van der Waals surface area contributed by atoms with Crippen molar-refractivity contribution in [2.24, 2.45) is 0 Å². The Bertz CT molecular complexity index is 3640. The first-order chi connectivity index (χ1) is 30.2. The molecule has 68 heavy (non-hydrogen) atoms. The zero-order valence-electron chi connectivity index (χ0n) is 36.2. The van der Waals surface area contributed by atoms with Crippen LogP contribution < -0.4 is 118 Å². The number of H-pyrrole nitrogens is 1. The Labute approximate surface area is 483 Å². The van der Waals surface area contributed by atoms with Gasteiger partial charge >= 0.3 is 118 Å². The summed E-state index contributed by atoms with van der Waals surface area (Å²) < 4.78 is 144. The molecule has 0 aliphatic carbocycles. The van der Waals surface area contributed by atoms with Crippen LogP contribution in [0.3, 0.4) is 0 Å². The summed E-state index contributed by atoms with van der Waals surface area (Å²) in [4.78, 5) is 11.7. The van der Waals surface area contributed by atoms with Crippen molar-refractivity contribution in [3.05, 3.63) is 144 Å². The molecule has 2 aliphatic heterocycles. The van der Waals surface area contributed by atoms with Gasteiger partial charge in [0.25, 0.3) is 0 Å². The molecule has 0 fully saturated rings. The number of hydrogen-bond acceptors (Lipinski definition) is 15. The normalized spacial score (nSPS) is 12.3. The Kier molecular flexibility index (Phi) is 18.0. The van der Waals surface area contributed by atoms with E-state index in [1.807, 2.05) is 6.07 Å². The fourth-order valence-corrected chi connectivity index (χ4v) is 10.5. The van der Waals surface area contributed by atoms with Crippen LogP contribution in [-0.4, -0.2) is 66.8 Å². The zero-order chi connectivity index (χ0) is 45.3. The molecule has 322 valence electrons. The zero-order valence-corrected chi connectivity index (χ0v) is 48.3. The summed E-state index contributed by atoms with van der Waals surface area (Å²) in [5.41, 5.74) is 6.26. The van der Waals surface area contributed by atoms with Crippen molar-refractivity contribution < 1.29 is 170 Å². The predicted octanol–water partition coefficient (Wildman–Crippen LogP) is -4.31. The van der Waals surface area contributed by atoms with E-state index in [1.165, 1.54) is 108 Å². The number of rotatable bonds is 8. The summed E-state index contributed by atoms with van der Waals surface area (Å²) in [5, 5.41) is 0. The second-order valence-corrected chi connectivity index (χ2v) is 20.9. The third kappa shape index (κ3) is 11.7. The minimum atomic E-state index is -4.81. The minimum Gasteiger partial charge on any atom is -0.744 e. The van der Waals surface area contributed by atoms with Crippen LogP contribution in [0.4, 0.5) is 0 Å². The SMILES string of the molecule is O=S(=O)([O-])c1ccc(-c2c3nc(c(-c4ccc(S(=O)(=O)[O-])cc4)c4ccc([nH]4)c(-c4ccc(S(=O)(=O)[O-])cc4)c4ccc(s4)c(-c4ccc(S(=O)(=O)[O-])cc4)c4nc2C=C4)C=C3)cc1.[Na+].[Na+].[Na+].[Na+]. The number of nitrogens with zero attached hydrogens (tertiary/aromatic N) is 2. The molecule has 0 saturated heterocycles. The number of thiophene rings is 1. The van der Waals surface area contributed by atoms with Crippen LogP contribution in [0.15, 0.2) is 141 Å². The van der Waals surface area contributed by atoms with Crippen molar-refractivity contribution >= 4 is 96.5 Å². The summed E-state index contributed by atoms with van der Waals surface area (Å²) in [6, 6.07) is 28.3. The Morgan fingerprint density at radius 2 is 0.603 bits per heavy atom. The molecule has 0 unspecified atom stereocenters. The van der Waals surface area contributed by atoms with Gasteiger partial charge in [-0.2, -0.15) is 0 Å². The third-order valence-electron chi connectivity index (χ3n) is 10.4. The number of benzene rings is 4. The summed E-state index contributed by atoms with van der Waals surface area (Å²) in [6.45, 7) is 0. The van der Waals surface area contributed by atoms with Gasteiger partial charge in [-0.05, 0) is 119 Å². The Morgan fingerprint density at radius 3 is 0.956 bits per heavy atom. The maximum absolute atomic E-state index is 11.9. The summed E-state index contributed by atoms with van der Waals surface area (Å²) >= 11 is 1.30. The van der Waals surface area contributed by atoms with Crippen molar-refractivity contribution in [1.29, 1.82) is 0 Å². The molecule has 8 bridgehead atoms. The molecule has 3 aromatic heterocycles. The number of aromatic nitrogens is 3. The summed E-state index contributed by atoms with van der Waals surface area (Å²) in [5.74, 6) is 0. The standard InChI is InChI=1S/C44H29N3O12S5.4Na/c48-61(49,50)29-9-1-25(2-10-29)41-33-17-18-34(45-33)42(26-3-11-30(12-4-26)62(51,52)53)36-20-22-38(47-36)44(28-7-15-32(16-8-28)64(57,58)59)40-24-23-39(60-40)43(37-21-19-35(41)46-37)27-5-13-31(14-6-27)63(54,55)56;;;;/h1-24,46H,(H,48,49,50)(H,51,52,53)(H,54,55,56)(H,57,58,59);;;;/q;4*+1/p-4. The molecule has 0 amide bonds. The number of aromatic amines is 1. The van der Waals surface area contributed by atoms with Gasteiger partial charge < -0.3 is 23.2 Å². The second kappa shape index (κ2) is 21.7. The first-order valence-electron chi connectivity index (χ1n) is 18.5. The van der Waals surface area contributed by atoms with Gasteiger partial charge in [-0.3, -0.25) is 0 Å². The Morgan fingerprint density at radius 1 is 0.338 bits per heavy atom. The van der Waals surface area contributed by atoms with Gasteiger partial charge in [0.1, 0.15) is 40.5 Å². The van der Waals surface area contributed by atoms with Crippen molar-refractivity contribution in [3.8, 4) is 44.5 Å². The van der Waals surface area contributed by atoms with Gasteiger partial charge in [0.15, 0.2) is 0 Å². The molecule has 15 nitrogen and oxygen atoms in total. The fourth-order valence-electron chi connectivity index (χ4n) is 7.44. The number of hydrogen-bond donors (Lipinski definition) is 1. The van der Waals surface area contributed by atoms with E-state index in [2.05, 4.69) is 4.98 Å². The van der Waals surface area contributed by atoms with E-state index >= 15 is 0 Å². The fraction of sp³-hybridized carbons (Fsp3) is 0. The van der Waals surface area contributed by atoms with Gasteiger partial charge in [-0.1, -0.05) is 48.5 Å². The Balaban J connectivity index is 0.00000216. The van der Waals surface area contributed by atoms with Gasteiger partial charge in [0.2, 0.25) is 0 Å². The Hall–Kier alpha value is -2.46. The minimum absolute atomic E-state index is 0. The van der Waals surface area contributed by atoms with Crippen molar-refractivity contribution in [3.63, 3.8) is 0 Å². The van der Waals surface area contributed by atoms with Crippen molar-refractivity contribution in [2.45, 2.75) is 19.6 Å². The van der Waals surface area contributed by atoms with E-state index in [4.69, 9.17) is 9.97 Å². The third-order valence-corrected chi connectivity index (χ3v) is 14.9. The molecule has 0 atom stereocenters.